The van der Waals surface area contributed by atoms with E-state index < -0.39 is 0 Å². The SMILES string of the molecule is CCCCCc1cccc2c1[CH]c1ccccc1-2. The Labute approximate surface area is 110 Å². The number of hydrogen-bond acceptors (Lipinski definition) is 0. The first-order valence-corrected chi connectivity index (χ1v) is 6.96. The molecule has 18 heavy (non-hydrogen) atoms. The van der Waals surface area contributed by atoms with Crippen molar-refractivity contribution in [1.82, 2.24) is 0 Å². The molecular weight excluding hydrogens is 216 g/mol. The Morgan fingerprint density at radius 1 is 0.833 bits per heavy atom. The first-order valence-electron chi connectivity index (χ1n) is 6.96. The van der Waals surface area contributed by atoms with Crippen LogP contribution in [0.25, 0.3) is 11.1 Å². The molecule has 0 heteroatoms. The third-order valence-electron chi connectivity index (χ3n) is 3.80. The first kappa shape index (κ1) is 11.5. The predicted octanol–water partition coefficient (Wildman–Crippen LogP) is 5.00. The van der Waals surface area contributed by atoms with Gasteiger partial charge in [0.25, 0.3) is 0 Å². The molecule has 0 unspecified atom stereocenters. The van der Waals surface area contributed by atoms with Gasteiger partial charge in [-0.2, -0.15) is 0 Å². The van der Waals surface area contributed by atoms with Gasteiger partial charge in [-0.05, 0) is 40.7 Å². The fourth-order valence-corrected chi connectivity index (χ4v) is 2.83. The van der Waals surface area contributed by atoms with Crippen molar-refractivity contribution in [2.24, 2.45) is 0 Å². The molecule has 0 spiro atoms. The van der Waals surface area contributed by atoms with E-state index in [9.17, 15) is 0 Å². The topological polar surface area (TPSA) is 0 Å². The fraction of sp³-hybridized carbons (Fsp3) is 0.278. The maximum absolute atomic E-state index is 2.35. The minimum absolute atomic E-state index is 1.21. The van der Waals surface area contributed by atoms with Crippen LogP contribution in [-0.2, 0) is 6.42 Å². The molecule has 3 rings (SSSR count). The second-order valence-electron chi connectivity index (χ2n) is 5.07. The van der Waals surface area contributed by atoms with Crippen LogP contribution in [0, 0.1) is 6.42 Å². The van der Waals surface area contributed by atoms with E-state index in [0.29, 0.717) is 0 Å². The molecule has 0 heterocycles. The summed E-state index contributed by atoms with van der Waals surface area (Å²) in [4.78, 5) is 0. The first-order chi connectivity index (χ1) is 8.90. The summed E-state index contributed by atoms with van der Waals surface area (Å²) < 4.78 is 0. The van der Waals surface area contributed by atoms with Gasteiger partial charge in [-0.1, -0.05) is 62.2 Å². The maximum Gasteiger partial charge on any atom is 0.0214 e. The van der Waals surface area contributed by atoms with Gasteiger partial charge in [-0.15, -0.1) is 0 Å². The van der Waals surface area contributed by atoms with Gasteiger partial charge < -0.3 is 0 Å². The fourth-order valence-electron chi connectivity index (χ4n) is 2.83. The zero-order valence-electron chi connectivity index (χ0n) is 10.9. The summed E-state index contributed by atoms with van der Waals surface area (Å²) in [5.74, 6) is 0. The average molecular weight is 235 g/mol. The third kappa shape index (κ3) is 1.96. The Morgan fingerprint density at radius 2 is 1.67 bits per heavy atom. The van der Waals surface area contributed by atoms with E-state index in [4.69, 9.17) is 0 Å². The number of aryl methyl sites for hydroxylation is 1. The molecule has 91 valence electrons. The van der Waals surface area contributed by atoms with Crippen LogP contribution < -0.4 is 0 Å². The molecule has 0 aromatic heterocycles. The second kappa shape index (κ2) is 4.97. The summed E-state index contributed by atoms with van der Waals surface area (Å²) in [6.45, 7) is 2.26. The molecule has 1 aliphatic carbocycles. The van der Waals surface area contributed by atoms with Crippen LogP contribution in [0.3, 0.4) is 0 Å². The van der Waals surface area contributed by atoms with Gasteiger partial charge in [0, 0.05) is 6.42 Å². The molecule has 1 aliphatic rings. The van der Waals surface area contributed by atoms with E-state index in [1.54, 1.807) is 0 Å². The van der Waals surface area contributed by atoms with Crippen LogP contribution in [0.4, 0.5) is 0 Å². The zero-order valence-corrected chi connectivity index (χ0v) is 10.9. The minimum atomic E-state index is 1.21. The summed E-state index contributed by atoms with van der Waals surface area (Å²) in [5.41, 5.74) is 7.15. The lowest BCUT2D eigenvalue weighted by molar-refractivity contribution is 0.716. The van der Waals surface area contributed by atoms with Gasteiger partial charge in [0.2, 0.25) is 0 Å². The summed E-state index contributed by atoms with van der Waals surface area (Å²) in [7, 11) is 0. The van der Waals surface area contributed by atoms with E-state index in [2.05, 4.69) is 55.8 Å². The second-order valence-corrected chi connectivity index (χ2v) is 5.07. The average Bonchev–Trinajstić information content (AvgIpc) is 2.79. The van der Waals surface area contributed by atoms with Crippen LogP contribution in [0.2, 0.25) is 0 Å². The van der Waals surface area contributed by atoms with Gasteiger partial charge in [-0.25, -0.2) is 0 Å². The molecule has 0 fully saturated rings. The lowest BCUT2D eigenvalue weighted by Gasteiger charge is -2.07. The summed E-state index contributed by atoms with van der Waals surface area (Å²) in [6.07, 6.45) is 7.49. The van der Waals surface area contributed by atoms with Gasteiger partial charge in [0.15, 0.2) is 0 Å². The number of fused-ring (bicyclic) bond motifs is 3. The highest BCUT2D eigenvalue weighted by Crippen LogP contribution is 2.39. The zero-order chi connectivity index (χ0) is 12.4. The lowest BCUT2D eigenvalue weighted by atomic mass is 9.97. The quantitative estimate of drug-likeness (QED) is 0.558. The summed E-state index contributed by atoms with van der Waals surface area (Å²) >= 11 is 0. The van der Waals surface area contributed by atoms with E-state index in [1.165, 1.54) is 53.5 Å². The molecule has 0 bridgehead atoms. The van der Waals surface area contributed by atoms with Crippen molar-refractivity contribution in [3.8, 4) is 11.1 Å². The molecular formula is C18H19. The van der Waals surface area contributed by atoms with Crippen molar-refractivity contribution in [3.63, 3.8) is 0 Å². The normalized spacial score (nSPS) is 12.3. The third-order valence-corrected chi connectivity index (χ3v) is 3.80. The maximum atomic E-state index is 2.35. The molecule has 0 aliphatic heterocycles. The minimum Gasteiger partial charge on any atom is -0.0654 e. The van der Waals surface area contributed by atoms with Crippen molar-refractivity contribution in [2.45, 2.75) is 32.6 Å². The Hall–Kier alpha value is -1.56. The molecule has 2 aromatic rings. The Balaban J connectivity index is 1.93. The van der Waals surface area contributed by atoms with Crippen LogP contribution in [0.15, 0.2) is 42.5 Å². The van der Waals surface area contributed by atoms with Crippen molar-refractivity contribution < 1.29 is 0 Å². The standard InChI is InChI=1S/C18H19/c1-2-3-4-8-14-10-7-12-17-16-11-6-5-9-15(16)13-18(14)17/h5-7,9-13H,2-4,8H2,1H3. The lowest BCUT2D eigenvalue weighted by Crippen LogP contribution is -1.92. The van der Waals surface area contributed by atoms with Gasteiger partial charge in [-0.3, -0.25) is 0 Å². The Bertz CT molecular complexity index is 552. The number of unbranched alkanes of at least 4 members (excludes halogenated alkanes) is 2. The molecule has 0 saturated heterocycles. The van der Waals surface area contributed by atoms with Gasteiger partial charge in [0.1, 0.15) is 0 Å². The Kier molecular flexibility index (Phi) is 3.19. The summed E-state index contributed by atoms with van der Waals surface area (Å²) in [5, 5.41) is 0. The molecule has 0 saturated carbocycles. The van der Waals surface area contributed by atoms with E-state index in [1.807, 2.05) is 0 Å². The van der Waals surface area contributed by atoms with E-state index in [-0.39, 0.29) is 0 Å². The molecule has 0 N–H and O–H groups in total. The molecule has 0 amide bonds. The predicted molar refractivity (Wildman–Crippen MR) is 77.6 cm³/mol. The van der Waals surface area contributed by atoms with Crippen LogP contribution in [-0.4, -0.2) is 0 Å². The highest BCUT2D eigenvalue weighted by molar-refractivity contribution is 5.82. The van der Waals surface area contributed by atoms with E-state index >= 15 is 0 Å². The monoisotopic (exact) mass is 235 g/mol. The molecule has 2 aromatic carbocycles. The van der Waals surface area contributed by atoms with Crippen LogP contribution in [0.1, 0.15) is 42.9 Å². The summed E-state index contributed by atoms with van der Waals surface area (Å²) in [6, 6.07) is 15.4. The van der Waals surface area contributed by atoms with Crippen molar-refractivity contribution in [3.05, 3.63) is 65.6 Å². The largest absolute Gasteiger partial charge is 0.0654 e. The highest BCUT2D eigenvalue weighted by Gasteiger charge is 2.20. The van der Waals surface area contributed by atoms with Crippen molar-refractivity contribution in [2.75, 3.05) is 0 Å². The number of benzene rings is 2. The molecule has 1 radical (unpaired) electrons. The van der Waals surface area contributed by atoms with Crippen molar-refractivity contribution in [1.29, 1.82) is 0 Å². The smallest absolute Gasteiger partial charge is 0.0214 e. The Morgan fingerprint density at radius 3 is 2.56 bits per heavy atom. The van der Waals surface area contributed by atoms with Crippen molar-refractivity contribution >= 4 is 0 Å². The van der Waals surface area contributed by atoms with E-state index in [0.717, 1.165) is 0 Å². The highest BCUT2D eigenvalue weighted by atomic mass is 14.2. The van der Waals surface area contributed by atoms with Gasteiger partial charge >= 0.3 is 0 Å². The number of hydrogen-bond donors (Lipinski definition) is 0. The molecule has 0 nitrogen and oxygen atoms in total. The molecule has 0 atom stereocenters. The van der Waals surface area contributed by atoms with Crippen LogP contribution >= 0.6 is 0 Å². The van der Waals surface area contributed by atoms with Gasteiger partial charge in [0.05, 0.1) is 0 Å². The van der Waals surface area contributed by atoms with Crippen LogP contribution in [0.5, 0.6) is 0 Å². The number of rotatable bonds is 4.